The van der Waals surface area contributed by atoms with Gasteiger partial charge in [0.2, 0.25) is 0 Å². The zero-order valence-corrected chi connectivity index (χ0v) is 10.3. The summed E-state index contributed by atoms with van der Waals surface area (Å²) in [6.45, 7) is 0. The lowest BCUT2D eigenvalue weighted by molar-refractivity contribution is 1.16. The van der Waals surface area contributed by atoms with E-state index in [4.69, 9.17) is 5.73 Å². The molecular weight excluding hydrogens is 266 g/mol. The monoisotopic (exact) mass is 277 g/mol. The zero-order valence-electron chi connectivity index (χ0n) is 8.70. The van der Waals surface area contributed by atoms with Crippen LogP contribution in [0.4, 0.5) is 11.4 Å². The van der Waals surface area contributed by atoms with Crippen LogP contribution in [0.3, 0.4) is 0 Å². The molecule has 0 unspecified atom stereocenters. The molecule has 0 spiro atoms. The third-order valence-corrected chi connectivity index (χ3v) is 3.28. The van der Waals surface area contributed by atoms with E-state index in [0.717, 1.165) is 26.8 Å². The van der Waals surface area contributed by atoms with Gasteiger partial charge in [0, 0.05) is 15.9 Å². The number of nitrogens with two attached hydrogens (primary N) is 1. The lowest BCUT2D eigenvalue weighted by atomic mass is 10.1. The van der Waals surface area contributed by atoms with Gasteiger partial charge in [-0.1, -0.05) is 15.9 Å². The molecule has 1 heterocycles. The highest BCUT2D eigenvalue weighted by molar-refractivity contribution is 9.10. The summed E-state index contributed by atoms with van der Waals surface area (Å²) < 4.78 is 1.05. The van der Waals surface area contributed by atoms with Crippen LogP contribution in [0.15, 0.2) is 28.9 Å². The van der Waals surface area contributed by atoms with Gasteiger partial charge in [-0.05, 0) is 31.0 Å². The van der Waals surface area contributed by atoms with Crippen LogP contribution in [0.2, 0.25) is 0 Å². The Morgan fingerprint density at radius 3 is 2.94 bits per heavy atom. The predicted molar refractivity (Wildman–Crippen MR) is 70.5 cm³/mol. The molecule has 0 bridgehead atoms. The molecule has 16 heavy (non-hydrogen) atoms. The summed E-state index contributed by atoms with van der Waals surface area (Å²) in [5.41, 5.74) is 8.69. The van der Waals surface area contributed by atoms with Gasteiger partial charge in [0.05, 0.1) is 23.1 Å². The van der Waals surface area contributed by atoms with E-state index in [1.807, 2.05) is 12.1 Å². The molecular formula is C12H12BrN3. The van der Waals surface area contributed by atoms with Crippen LogP contribution in [0.5, 0.6) is 0 Å². The topological polar surface area (TPSA) is 50.9 Å². The van der Waals surface area contributed by atoms with E-state index in [2.05, 4.69) is 32.3 Å². The molecule has 1 aromatic heterocycles. The summed E-state index contributed by atoms with van der Waals surface area (Å²) in [7, 11) is 0. The molecule has 0 saturated heterocycles. The van der Waals surface area contributed by atoms with Crippen LogP contribution in [0.25, 0.3) is 10.9 Å². The SMILES string of the molecule is Nc1cnc2ccc(Br)cc2c1NC1CC1. The standard InChI is InChI=1S/C12H12BrN3/c13-7-1-4-11-9(5-7)12(10(14)6-15-11)16-8-2-3-8/h1,4-6,8H,2-3,14H2,(H,15,16). The molecule has 0 atom stereocenters. The number of rotatable bonds is 2. The van der Waals surface area contributed by atoms with Gasteiger partial charge in [-0.25, -0.2) is 0 Å². The van der Waals surface area contributed by atoms with Crippen LogP contribution >= 0.6 is 15.9 Å². The van der Waals surface area contributed by atoms with Gasteiger partial charge >= 0.3 is 0 Å². The zero-order chi connectivity index (χ0) is 11.1. The number of anilines is 2. The first-order valence-electron chi connectivity index (χ1n) is 5.34. The lowest BCUT2D eigenvalue weighted by Crippen LogP contribution is -2.05. The van der Waals surface area contributed by atoms with Gasteiger partial charge in [0.15, 0.2) is 0 Å². The fraction of sp³-hybridized carbons (Fsp3) is 0.250. The van der Waals surface area contributed by atoms with E-state index in [1.165, 1.54) is 12.8 Å². The van der Waals surface area contributed by atoms with E-state index < -0.39 is 0 Å². The highest BCUT2D eigenvalue weighted by atomic mass is 79.9. The number of hydrogen-bond donors (Lipinski definition) is 2. The van der Waals surface area contributed by atoms with E-state index in [-0.39, 0.29) is 0 Å². The molecule has 4 heteroatoms. The Labute approximate surface area is 102 Å². The van der Waals surface area contributed by atoms with Crippen molar-refractivity contribution in [2.24, 2.45) is 0 Å². The number of nitrogens with one attached hydrogen (secondary N) is 1. The maximum absolute atomic E-state index is 5.97. The summed E-state index contributed by atoms with van der Waals surface area (Å²) in [4.78, 5) is 4.32. The quantitative estimate of drug-likeness (QED) is 0.887. The minimum atomic E-state index is 0.590. The Bertz CT molecular complexity index is 544. The molecule has 1 saturated carbocycles. The van der Waals surface area contributed by atoms with Gasteiger partial charge in [-0.15, -0.1) is 0 Å². The molecule has 1 aromatic carbocycles. The summed E-state index contributed by atoms with van der Waals surface area (Å²) in [5.74, 6) is 0. The maximum atomic E-state index is 5.97. The largest absolute Gasteiger partial charge is 0.396 e. The van der Waals surface area contributed by atoms with Crippen molar-refractivity contribution >= 4 is 38.2 Å². The molecule has 0 aliphatic heterocycles. The average molecular weight is 278 g/mol. The van der Waals surface area contributed by atoms with E-state index in [9.17, 15) is 0 Å². The van der Waals surface area contributed by atoms with Crippen molar-refractivity contribution in [1.82, 2.24) is 4.98 Å². The minimum absolute atomic E-state index is 0.590. The molecule has 3 N–H and O–H groups in total. The number of benzene rings is 1. The van der Waals surface area contributed by atoms with Crippen LogP contribution in [-0.4, -0.2) is 11.0 Å². The van der Waals surface area contributed by atoms with Gasteiger partial charge in [-0.2, -0.15) is 0 Å². The molecule has 2 aromatic rings. The summed E-state index contributed by atoms with van der Waals surface area (Å²) in [5, 5.41) is 4.55. The Morgan fingerprint density at radius 1 is 1.38 bits per heavy atom. The van der Waals surface area contributed by atoms with E-state index >= 15 is 0 Å². The smallest absolute Gasteiger partial charge is 0.0743 e. The molecule has 3 rings (SSSR count). The number of hydrogen-bond acceptors (Lipinski definition) is 3. The normalized spacial score (nSPS) is 15.3. The first-order valence-corrected chi connectivity index (χ1v) is 6.13. The van der Waals surface area contributed by atoms with E-state index in [0.29, 0.717) is 6.04 Å². The van der Waals surface area contributed by atoms with Crippen LogP contribution in [0, 0.1) is 0 Å². The second-order valence-corrected chi connectivity index (χ2v) is 5.08. The van der Waals surface area contributed by atoms with E-state index in [1.54, 1.807) is 6.20 Å². The Kier molecular flexibility index (Phi) is 2.24. The third-order valence-electron chi connectivity index (χ3n) is 2.79. The van der Waals surface area contributed by atoms with Crippen LogP contribution in [-0.2, 0) is 0 Å². The Balaban J connectivity index is 2.20. The fourth-order valence-corrected chi connectivity index (χ4v) is 2.13. The van der Waals surface area contributed by atoms with Crippen molar-refractivity contribution in [2.45, 2.75) is 18.9 Å². The predicted octanol–water partition coefficient (Wildman–Crippen LogP) is 3.15. The number of aromatic nitrogens is 1. The molecule has 1 fully saturated rings. The van der Waals surface area contributed by atoms with Gasteiger partial charge < -0.3 is 11.1 Å². The Hall–Kier alpha value is -1.29. The van der Waals surface area contributed by atoms with Crippen LogP contribution in [0.1, 0.15) is 12.8 Å². The van der Waals surface area contributed by atoms with Gasteiger partial charge in [-0.3, -0.25) is 4.98 Å². The number of pyridine rings is 1. The summed E-state index contributed by atoms with van der Waals surface area (Å²) in [6, 6.07) is 6.64. The summed E-state index contributed by atoms with van der Waals surface area (Å²) >= 11 is 3.48. The number of nitrogens with zero attached hydrogens (tertiary/aromatic N) is 1. The molecule has 0 radical (unpaired) electrons. The first-order chi connectivity index (χ1) is 7.74. The third kappa shape index (κ3) is 1.73. The van der Waals surface area contributed by atoms with Crippen molar-refractivity contribution in [3.8, 4) is 0 Å². The van der Waals surface area contributed by atoms with Crippen molar-refractivity contribution in [1.29, 1.82) is 0 Å². The first kappa shape index (κ1) is 9.90. The fourth-order valence-electron chi connectivity index (χ4n) is 1.77. The van der Waals surface area contributed by atoms with Crippen molar-refractivity contribution in [3.63, 3.8) is 0 Å². The van der Waals surface area contributed by atoms with Gasteiger partial charge in [0.1, 0.15) is 0 Å². The van der Waals surface area contributed by atoms with Gasteiger partial charge in [0.25, 0.3) is 0 Å². The molecule has 3 nitrogen and oxygen atoms in total. The van der Waals surface area contributed by atoms with Crippen molar-refractivity contribution in [3.05, 3.63) is 28.9 Å². The molecule has 0 amide bonds. The number of halogens is 1. The minimum Gasteiger partial charge on any atom is -0.396 e. The Morgan fingerprint density at radius 2 is 2.19 bits per heavy atom. The van der Waals surface area contributed by atoms with Crippen LogP contribution < -0.4 is 11.1 Å². The molecule has 1 aliphatic carbocycles. The number of nitrogen functional groups attached to an aromatic ring is 1. The lowest BCUT2D eigenvalue weighted by Gasteiger charge is -2.11. The highest BCUT2D eigenvalue weighted by Crippen LogP contribution is 2.34. The second-order valence-electron chi connectivity index (χ2n) is 4.17. The second kappa shape index (κ2) is 3.63. The molecule has 82 valence electrons. The molecule has 1 aliphatic rings. The number of fused-ring (bicyclic) bond motifs is 1. The van der Waals surface area contributed by atoms with Crippen molar-refractivity contribution in [2.75, 3.05) is 11.1 Å². The summed E-state index contributed by atoms with van der Waals surface area (Å²) in [6.07, 6.45) is 4.19. The average Bonchev–Trinajstić information content (AvgIpc) is 3.06. The van der Waals surface area contributed by atoms with Crippen molar-refractivity contribution < 1.29 is 0 Å². The highest BCUT2D eigenvalue weighted by Gasteiger charge is 2.22. The maximum Gasteiger partial charge on any atom is 0.0743 e.